The van der Waals surface area contributed by atoms with Crippen molar-refractivity contribution in [2.45, 2.75) is 55.7 Å². The smallest absolute Gasteiger partial charge is 0.313 e. The molecule has 4 heterocycles. The van der Waals surface area contributed by atoms with Gasteiger partial charge in [-0.2, -0.15) is 0 Å². The molecule has 2 fully saturated rings. The summed E-state index contributed by atoms with van der Waals surface area (Å²) in [5, 5.41) is 13.7. The van der Waals surface area contributed by atoms with Gasteiger partial charge in [-0.1, -0.05) is 66.2 Å². The molecule has 3 amide bonds. The van der Waals surface area contributed by atoms with Crippen LogP contribution in [0.5, 0.6) is 0 Å². The topological polar surface area (TPSA) is 135 Å². The van der Waals surface area contributed by atoms with Crippen LogP contribution in [0.25, 0.3) is 0 Å². The first-order valence-corrected chi connectivity index (χ1v) is 16.1. The number of cyclic esters (lactones) is 1. The standard InChI is InChI=1S/C35H38ClN3O8/c1-21(19-40)39-31-33(43)38(24-15-13-23(36)14-16-24)18-8-17-35(31)29(32(39)42)28-26(47-35)11-6-7-12-27(41)37-25(20-45-2)30(46-34(28)44)22-9-4-3-5-10-22/h3-6,8-11,13-17,21,25-26,28-31,40H,7,12,18-20H2,1-2H3,(H,37,41)/b11-6-/t21-,25+,26+,28-,29-,30+,31+,35-/m1/s1. The van der Waals surface area contributed by atoms with Gasteiger partial charge in [0.2, 0.25) is 11.8 Å². The lowest BCUT2D eigenvalue weighted by molar-refractivity contribution is -0.162. The number of nitrogens with zero attached hydrogens (tertiary/aromatic N) is 2. The number of hydrogen-bond donors (Lipinski definition) is 2. The molecule has 47 heavy (non-hydrogen) atoms. The molecule has 2 aromatic carbocycles. The average molecular weight is 664 g/mol. The zero-order valence-electron chi connectivity index (χ0n) is 26.2. The number of aliphatic hydroxyl groups is 1. The van der Waals surface area contributed by atoms with E-state index in [0.717, 1.165) is 0 Å². The molecule has 2 N–H and O–H groups in total. The van der Waals surface area contributed by atoms with Crippen molar-refractivity contribution in [2.24, 2.45) is 11.8 Å². The molecule has 0 aliphatic carbocycles. The van der Waals surface area contributed by atoms with E-state index in [2.05, 4.69) is 5.32 Å². The number of halogens is 1. The van der Waals surface area contributed by atoms with Gasteiger partial charge in [0.05, 0.1) is 37.3 Å². The van der Waals surface area contributed by atoms with Crippen LogP contribution in [0.3, 0.4) is 0 Å². The Labute approximate surface area is 278 Å². The van der Waals surface area contributed by atoms with Gasteiger partial charge >= 0.3 is 5.97 Å². The average Bonchev–Trinajstić information content (AvgIpc) is 3.46. The molecular weight excluding hydrogens is 626 g/mol. The number of benzene rings is 2. The first-order chi connectivity index (χ1) is 22.7. The molecule has 248 valence electrons. The number of rotatable bonds is 6. The van der Waals surface area contributed by atoms with Crippen molar-refractivity contribution in [2.75, 3.05) is 31.8 Å². The summed E-state index contributed by atoms with van der Waals surface area (Å²) < 4.78 is 18.4. The number of carbonyl (C=O) groups excluding carboxylic acids is 4. The van der Waals surface area contributed by atoms with Crippen LogP contribution in [0.4, 0.5) is 5.69 Å². The maximum atomic E-state index is 14.5. The predicted molar refractivity (Wildman–Crippen MR) is 172 cm³/mol. The number of nitrogens with one attached hydrogen (secondary N) is 1. The summed E-state index contributed by atoms with van der Waals surface area (Å²) in [4.78, 5) is 59.4. The fourth-order valence-electron chi connectivity index (χ4n) is 7.24. The van der Waals surface area contributed by atoms with Crippen molar-refractivity contribution in [3.8, 4) is 0 Å². The monoisotopic (exact) mass is 663 g/mol. The zero-order valence-corrected chi connectivity index (χ0v) is 26.9. The second-order valence-electron chi connectivity index (χ2n) is 12.3. The number of anilines is 1. The van der Waals surface area contributed by atoms with Crippen molar-refractivity contribution in [3.05, 3.63) is 89.5 Å². The number of esters is 1. The maximum Gasteiger partial charge on any atom is 0.313 e. The molecule has 4 aliphatic rings. The van der Waals surface area contributed by atoms with Crippen LogP contribution < -0.4 is 10.2 Å². The van der Waals surface area contributed by atoms with Crippen LogP contribution in [0.15, 0.2) is 78.9 Å². The van der Waals surface area contributed by atoms with E-state index in [4.69, 9.17) is 25.8 Å². The normalized spacial score (nSPS) is 32.3. The second kappa shape index (κ2) is 13.6. The number of aliphatic hydroxyl groups excluding tert-OH is 1. The van der Waals surface area contributed by atoms with Gasteiger partial charge < -0.3 is 34.4 Å². The van der Waals surface area contributed by atoms with Gasteiger partial charge in [-0.25, -0.2) is 0 Å². The highest BCUT2D eigenvalue weighted by Gasteiger charge is 2.72. The van der Waals surface area contributed by atoms with Gasteiger partial charge in [-0.3, -0.25) is 19.2 Å². The number of methoxy groups -OCH3 is 1. The van der Waals surface area contributed by atoms with E-state index in [-0.39, 0.29) is 25.5 Å². The first kappa shape index (κ1) is 32.9. The van der Waals surface area contributed by atoms with Crippen molar-refractivity contribution < 1.29 is 38.5 Å². The molecule has 4 aliphatic heterocycles. The Morgan fingerprint density at radius 1 is 1.06 bits per heavy atom. The highest BCUT2D eigenvalue weighted by atomic mass is 35.5. The molecule has 12 heteroatoms. The molecule has 2 aromatic rings. The Balaban J connectivity index is 1.45. The lowest BCUT2D eigenvalue weighted by Crippen LogP contribution is -2.57. The summed E-state index contributed by atoms with van der Waals surface area (Å²) in [5.74, 6) is -4.13. The molecule has 8 atom stereocenters. The number of hydrogen-bond acceptors (Lipinski definition) is 8. The number of likely N-dealkylation sites (tertiary alicyclic amines) is 1. The Morgan fingerprint density at radius 3 is 2.51 bits per heavy atom. The van der Waals surface area contributed by atoms with Crippen LogP contribution in [0.2, 0.25) is 5.02 Å². The van der Waals surface area contributed by atoms with Gasteiger partial charge in [-0.15, -0.1) is 0 Å². The van der Waals surface area contributed by atoms with E-state index in [1.807, 2.05) is 6.07 Å². The zero-order chi connectivity index (χ0) is 33.3. The van der Waals surface area contributed by atoms with Crippen LogP contribution in [-0.2, 0) is 33.4 Å². The van der Waals surface area contributed by atoms with Crippen LogP contribution >= 0.6 is 11.6 Å². The fourth-order valence-corrected chi connectivity index (χ4v) is 7.37. The van der Waals surface area contributed by atoms with Crippen molar-refractivity contribution in [1.82, 2.24) is 10.2 Å². The summed E-state index contributed by atoms with van der Waals surface area (Å²) in [5.41, 5.74) is -0.334. The van der Waals surface area contributed by atoms with Crippen molar-refractivity contribution in [3.63, 3.8) is 0 Å². The highest BCUT2D eigenvalue weighted by Crippen LogP contribution is 2.54. The van der Waals surface area contributed by atoms with Crippen molar-refractivity contribution >= 4 is 41.0 Å². The molecule has 2 saturated heterocycles. The van der Waals surface area contributed by atoms with E-state index in [0.29, 0.717) is 22.7 Å². The minimum Gasteiger partial charge on any atom is -0.455 e. The van der Waals surface area contributed by atoms with Gasteiger partial charge in [-0.05, 0) is 43.2 Å². The van der Waals surface area contributed by atoms with Gasteiger partial charge in [0.25, 0.3) is 5.91 Å². The Morgan fingerprint density at radius 2 is 1.81 bits per heavy atom. The van der Waals surface area contributed by atoms with E-state index in [1.165, 1.54) is 12.0 Å². The van der Waals surface area contributed by atoms with Crippen molar-refractivity contribution in [1.29, 1.82) is 0 Å². The molecule has 0 unspecified atom stereocenters. The highest BCUT2D eigenvalue weighted by molar-refractivity contribution is 6.30. The van der Waals surface area contributed by atoms with E-state index < -0.39 is 72.2 Å². The maximum absolute atomic E-state index is 14.5. The summed E-state index contributed by atoms with van der Waals surface area (Å²) in [6.45, 7) is 1.49. The molecule has 6 rings (SSSR count). The van der Waals surface area contributed by atoms with Crippen LogP contribution in [-0.4, -0.2) is 90.4 Å². The summed E-state index contributed by atoms with van der Waals surface area (Å²) in [6.07, 6.45) is 5.55. The number of carbonyl (C=O) groups is 4. The summed E-state index contributed by atoms with van der Waals surface area (Å²) in [7, 11) is 1.50. The van der Waals surface area contributed by atoms with E-state index in [1.54, 1.807) is 84.7 Å². The molecule has 0 radical (unpaired) electrons. The number of ether oxygens (including phenoxy) is 3. The molecule has 0 saturated carbocycles. The first-order valence-electron chi connectivity index (χ1n) is 15.8. The number of fused-ring (bicyclic) bond motifs is 2. The minimum atomic E-state index is -1.54. The summed E-state index contributed by atoms with van der Waals surface area (Å²) in [6, 6.07) is 13.2. The summed E-state index contributed by atoms with van der Waals surface area (Å²) >= 11 is 6.12. The SMILES string of the molecule is COC[C@@H]1NC(=O)CC/C=C\[C@@H]2O[C@@]34C=CCN(c5ccc(Cl)cc5)C(=O)[C@@H]3N([C@H](C)CO)C(=O)[C@H]4[C@@H]2C(=O)O[C@H]1c1ccccc1. The van der Waals surface area contributed by atoms with Gasteiger partial charge in [0, 0.05) is 30.8 Å². The third-order valence-electron chi connectivity index (χ3n) is 9.37. The molecule has 11 nitrogen and oxygen atoms in total. The lowest BCUT2D eigenvalue weighted by atomic mass is 9.77. The number of allylic oxidation sites excluding steroid dienone is 1. The Kier molecular flexibility index (Phi) is 9.52. The van der Waals surface area contributed by atoms with E-state index in [9.17, 15) is 24.3 Å². The van der Waals surface area contributed by atoms with Gasteiger partial charge in [0.1, 0.15) is 23.7 Å². The third-order valence-corrected chi connectivity index (χ3v) is 9.63. The third kappa shape index (κ3) is 5.97. The Hall–Kier alpha value is -4.03. The molecule has 1 spiro atoms. The fraction of sp³-hybridized carbons (Fsp3) is 0.429. The molecule has 0 aromatic heterocycles. The minimum absolute atomic E-state index is 0.0625. The number of amides is 3. The largest absolute Gasteiger partial charge is 0.455 e. The van der Waals surface area contributed by atoms with Crippen LogP contribution in [0.1, 0.15) is 31.4 Å². The predicted octanol–water partition coefficient (Wildman–Crippen LogP) is 2.97. The van der Waals surface area contributed by atoms with E-state index >= 15 is 0 Å². The second-order valence-corrected chi connectivity index (χ2v) is 12.7. The van der Waals surface area contributed by atoms with Gasteiger partial charge in [0.15, 0.2) is 0 Å². The lowest BCUT2D eigenvalue weighted by Gasteiger charge is -2.37. The molecule has 0 bridgehead atoms. The quantitative estimate of drug-likeness (QED) is 0.356. The molecular formula is C35H38ClN3O8. The van der Waals surface area contributed by atoms with Crippen LogP contribution in [0, 0.1) is 11.8 Å². The Bertz CT molecular complexity index is 1570.